The van der Waals surface area contributed by atoms with Crippen LogP contribution in [0.4, 0.5) is 19.0 Å². The summed E-state index contributed by atoms with van der Waals surface area (Å²) in [6.07, 6.45) is -3.15. The Bertz CT molecular complexity index is 801. The highest BCUT2D eigenvalue weighted by Crippen LogP contribution is 2.35. The first-order valence-corrected chi connectivity index (χ1v) is 8.54. The maximum atomic E-state index is 13.1. The predicted molar refractivity (Wildman–Crippen MR) is 93.8 cm³/mol. The lowest BCUT2D eigenvalue weighted by molar-refractivity contribution is -0.137. The van der Waals surface area contributed by atoms with Crippen molar-refractivity contribution < 1.29 is 18.0 Å². The molecule has 138 valence electrons. The fraction of sp³-hybridized carbons (Fsp3) is 0.294. The monoisotopic (exact) mass is 403 g/mol. The van der Waals surface area contributed by atoms with Gasteiger partial charge >= 0.3 is 6.18 Å². The number of alkyl halides is 3. The highest BCUT2D eigenvalue weighted by atomic mass is 35.5. The number of benzene rings is 1. The van der Waals surface area contributed by atoms with Crippen LogP contribution in [0.1, 0.15) is 15.9 Å². The summed E-state index contributed by atoms with van der Waals surface area (Å²) in [7, 11) is 0. The molecule has 26 heavy (non-hydrogen) atoms. The second kappa shape index (κ2) is 7.32. The molecule has 0 unspecified atom stereocenters. The predicted octanol–water partition coefficient (Wildman–Crippen LogP) is 4.37. The minimum Gasteiger partial charge on any atom is -0.353 e. The second-order valence-corrected chi connectivity index (χ2v) is 6.68. The number of halogens is 5. The number of aromatic nitrogens is 1. The van der Waals surface area contributed by atoms with Gasteiger partial charge in [0.05, 0.1) is 5.56 Å². The van der Waals surface area contributed by atoms with E-state index in [1.165, 1.54) is 35.4 Å². The van der Waals surface area contributed by atoms with E-state index in [4.69, 9.17) is 23.2 Å². The average Bonchev–Trinajstić information content (AvgIpc) is 2.60. The SMILES string of the molecule is O=C(c1cc(Cl)cc(Cl)c1)N1CCN(c2ncccc2C(F)(F)F)CC1. The van der Waals surface area contributed by atoms with Gasteiger partial charge in [0.15, 0.2) is 0 Å². The topological polar surface area (TPSA) is 36.4 Å². The summed E-state index contributed by atoms with van der Waals surface area (Å²) in [6.45, 7) is 1.05. The Morgan fingerprint density at radius 3 is 2.23 bits per heavy atom. The molecule has 0 radical (unpaired) electrons. The Morgan fingerprint density at radius 1 is 1.04 bits per heavy atom. The van der Waals surface area contributed by atoms with E-state index in [1.807, 2.05) is 0 Å². The Balaban J connectivity index is 1.73. The van der Waals surface area contributed by atoms with Crippen molar-refractivity contribution in [3.8, 4) is 0 Å². The van der Waals surface area contributed by atoms with E-state index in [9.17, 15) is 18.0 Å². The molecule has 1 saturated heterocycles. The molecule has 0 saturated carbocycles. The van der Waals surface area contributed by atoms with Crippen molar-refractivity contribution in [1.82, 2.24) is 9.88 Å². The van der Waals surface area contributed by atoms with Crippen molar-refractivity contribution in [2.75, 3.05) is 31.1 Å². The normalized spacial score (nSPS) is 15.3. The molecule has 0 spiro atoms. The average molecular weight is 404 g/mol. The highest BCUT2D eigenvalue weighted by molar-refractivity contribution is 6.35. The zero-order chi connectivity index (χ0) is 18.9. The number of hydrogen-bond acceptors (Lipinski definition) is 3. The van der Waals surface area contributed by atoms with E-state index in [0.29, 0.717) is 15.6 Å². The molecule has 1 fully saturated rings. The fourth-order valence-electron chi connectivity index (χ4n) is 2.85. The molecule has 1 aromatic heterocycles. The van der Waals surface area contributed by atoms with Crippen molar-refractivity contribution in [3.05, 3.63) is 57.7 Å². The van der Waals surface area contributed by atoms with Gasteiger partial charge in [-0.15, -0.1) is 0 Å². The zero-order valence-electron chi connectivity index (χ0n) is 13.4. The van der Waals surface area contributed by atoms with Crippen LogP contribution in [0.15, 0.2) is 36.5 Å². The van der Waals surface area contributed by atoms with E-state index in [-0.39, 0.29) is 37.9 Å². The number of rotatable bonds is 2. The molecule has 1 aromatic carbocycles. The lowest BCUT2D eigenvalue weighted by atomic mass is 10.1. The molecule has 0 N–H and O–H groups in total. The number of carbonyl (C=O) groups excluding carboxylic acids is 1. The van der Waals surface area contributed by atoms with Crippen LogP contribution < -0.4 is 4.90 Å². The molecule has 1 aliphatic heterocycles. The van der Waals surface area contributed by atoms with Gasteiger partial charge in [-0.1, -0.05) is 23.2 Å². The zero-order valence-corrected chi connectivity index (χ0v) is 14.9. The van der Waals surface area contributed by atoms with Crippen LogP contribution in [0.3, 0.4) is 0 Å². The maximum absolute atomic E-state index is 13.1. The number of hydrogen-bond donors (Lipinski definition) is 0. The number of carbonyl (C=O) groups is 1. The third-order valence-electron chi connectivity index (χ3n) is 4.07. The van der Waals surface area contributed by atoms with Gasteiger partial charge in [-0.05, 0) is 30.3 Å². The number of amides is 1. The van der Waals surface area contributed by atoms with Gasteiger partial charge in [0.2, 0.25) is 0 Å². The number of nitrogens with zero attached hydrogens (tertiary/aromatic N) is 3. The molecule has 0 aliphatic carbocycles. The van der Waals surface area contributed by atoms with Crippen LogP contribution in [-0.2, 0) is 6.18 Å². The smallest absolute Gasteiger partial charge is 0.353 e. The van der Waals surface area contributed by atoms with Crippen molar-refractivity contribution in [2.45, 2.75) is 6.18 Å². The van der Waals surface area contributed by atoms with E-state index < -0.39 is 11.7 Å². The van der Waals surface area contributed by atoms with Crippen LogP contribution in [0.5, 0.6) is 0 Å². The molecule has 2 heterocycles. The maximum Gasteiger partial charge on any atom is 0.419 e. The summed E-state index contributed by atoms with van der Waals surface area (Å²) in [5.74, 6) is -0.371. The van der Waals surface area contributed by atoms with Crippen LogP contribution in [0, 0.1) is 0 Å². The van der Waals surface area contributed by atoms with Crippen LogP contribution in [-0.4, -0.2) is 42.0 Å². The van der Waals surface area contributed by atoms with Crippen molar-refractivity contribution in [3.63, 3.8) is 0 Å². The molecule has 9 heteroatoms. The van der Waals surface area contributed by atoms with Crippen molar-refractivity contribution in [2.24, 2.45) is 0 Å². The van der Waals surface area contributed by atoms with Gasteiger partial charge in [-0.3, -0.25) is 4.79 Å². The quantitative estimate of drug-likeness (QED) is 0.746. The van der Waals surface area contributed by atoms with Gasteiger partial charge in [-0.2, -0.15) is 13.2 Å². The summed E-state index contributed by atoms with van der Waals surface area (Å²) < 4.78 is 39.4. The molecular weight excluding hydrogens is 390 g/mol. The highest BCUT2D eigenvalue weighted by Gasteiger charge is 2.36. The molecule has 3 rings (SSSR count). The molecule has 0 atom stereocenters. The molecule has 4 nitrogen and oxygen atoms in total. The van der Waals surface area contributed by atoms with Crippen LogP contribution in [0.25, 0.3) is 0 Å². The van der Waals surface area contributed by atoms with E-state index >= 15 is 0 Å². The standard InChI is InChI=1S/C17H14Cl2F3N3O/c18-12-8-11(9-13(19)10-12)16(26)25-6-4-24(5-7-25)15-14(17(20,21)22)2-1-3-23-15/h1-3,8-10H,4-7H2. The lowest BCUT2D eigenvalue weighted by Gasteiger charge is -2.36. The third-order valence-corrected chi connectivity index (χ3v) is 4.50. The Hall–Kier alpha value is -1.99. The van der Waals surface area contributed by atoms with E-state index in [2.05, 4.69) is 4.98 Å². The first-order chi connectivity index (χ1) is 12.3. The second-order valence-electron chi connectivity index (χ2n) is 5.81. The van der Waals surface area contributed by atoms with Gasteiger partial charge in [-0.25, -0.2) is 4.98 Å². The van der Waals surface area contributed by atoms with Crippen LogP contribution in [0.2, 0.25) is 10.0 Å². The first-order valence-electron chi connectivity index (χ1n) is 7.78. The Labute approximate surface area is 158 Å². The minimum atomic E-state index is -4.48. The summed E-state index contributed by atoms with van der Waals surface area (Å²) in [5.41, 5.74) is -0.425. The lowest BCUT2D eigenvalue weighted by Crippen LogP contribution is -2.49. The summed E-state index contributed by atoms with van der Waals surface area (Å²) in [5, 5.41) is 0.700. The molecule has 1 aliphatic rings. The first kappa shape index (κ1) is 18.8. The summed E-state index contributed by atoms with van der Waals surface area (Å²) in [6, 6.07) is 6.83. The van der Waals surface area contributed by atoms with E-state index in [1.54, 1.807) is 4.90 Å². The third kappa shape index (κ3) is 4.04. The summed E-state index contributed by atoms with van der Waals surface area (Å²) >= 11 is 11.8. The fourth-order valence-corrected chi connectivity index (χ4v) is 3.38. The van der Waals surface area contributed by atoms with Crippen molar-refractivity contribution in [1.29, 1.82) is 0 Å². The summed E-state index contributed by atoms with van der Waals surface area (Å²) in [4.78, 5) is 19.6. The Morgan fingerprint density at radius 2 is 1.65 bits per heavy atom. The minimum absolute atomic E-state index is 0.113. The van der Waals surface area contributed by atoms with Crippen LogP contribution >= 0.6 is 23.2 Å². The van der Waals surface area contributed by atoms with Gasteiger partial charge in [0.1, 0.15) is 5.82 Å². The van der Waals surface area contributed by atoms with Gasteiger partial charge in [0, 0.05) is 48.0 Å². The number of anilines is 1. The van der Waals surface area contributed by atoms with Gasteiger partial charge < -0.3 is 9.80 Å². The van der Waals surface area contributed by atoms with E-state index in [0.717, 1.165) is 6.07 Å². The molecular formula is C17H14Cl2F3N3O. The largest absolute Gasteiger partial charge is 0.419 e. The molecule has 0 bridgehead atoms. The Kier molecular flexibility index (Phi) is 5.29. The molecule has 2 aromatic rings. The number of pyridine rings is 1. The van der Waals surface area contributed by atoms with Gasteiger partial charge in [0.25, 0.3) is 5.91 Å². The number of piperazine rings is 1. The molecule has 1 amide bonds. The van der Waals surface area contributed by atoms with Crippen molar-refractivity contribution >= 4 is 34.9 Å².